The molecule has 0 radical (unpaired) electrons. The average molecular weight is 372 g/mol. The summed E-state index contributed by atoms with van der Waals surface area (Å²) in [4.78, 5) is 17.8. The van der Waals surface area contributed by atoms with Gasteiger partial charge in [-0.25, -0.2) is 9.37 Å². The summed E-state index contributed by atoms with van der Waals surface area (Å²) < 4.78 is 13.0. The Bertz CT molecular complexity index is 845. The normalized spacial score (nSPS) is 10.6. The minimum atomic E-state index is -0.282. The summed E-state index contributed by atoms with van der Waals surface area (Å²) >= 11 is 3.13. The molecule has 0 bridgehead atoms. The molecule has 1 aromatic heterocycles. The fraction of sp³-hybridized carbons (Fsp3) is 0.158. The van der Waals surface area contributed by atoms with E-state index in [1.165, 1.54) is 28.4 Å². The van der Waals surface area contributed by atoms with Crippen LogP contribution in [0, 0.1) is 5.82 Å². The Morgan fingerprint density at radius 2 is 1.88 bits per heavy atom. The Kier molecular flexibility index (Phi) is 5.83. The maximum atomic E-state index is 13.0. The summed E-state index contributed by atoms with van der Waals surface area (Å²) in [5.74, 6) is 0.645. The highest BCUT2D eigenvalue weighted by atomic mass is 32.2. The number of benzene rings is 2. The summed E-state index contributed by atoms with van der Waals surface area (Å²) in [6.07, 6.45) is 0.308. The topological polar surface area (TPSA) is 42.0 Å². The lowest BCUT2D eigenvalue weighted by atomic mass is 10.1. The van der Waals surface area contributed by atoms with Crippen LogP contribution in [0.1, 0.15) is 12.5 Å². The quantitative estimate of drug-likeness (QED) is 0.602. The van der Waals surface area contributed by atoms with Crippen molar-refractivity contribution in [3.05, 3.63) is 65.3 Å². The van der Waals surface area contributed by atoms with Crippen LogP contribution in [0.4, 0.5) is 9.52 Å². The van der Waals surface area contributed by atoms with Crippen molar-refractivity contribution in [1.82, 2.24) is 4.98 Å². The van der Waals surface area contributed by atoms with Gasteiger partial charge in [0.15, 0.2) is 5.13 Å². The van der Waals surface area contributed by atoms with Crippen molar-refractivity contribution >= 4 is 34.1 Å². The molecular formula is C19H17FN2OS2. The van der Waals surface area contributed by atoms with Gasteiger partial charge in [0, 0.05) is 15.8 Å². The molecule has 3 aromatic rings. The van der Waals surface area contributed by atoms with E-state index in [4.69, 9.17) is 0 Å². The number of rotatable bonds is 6. The second-order valence-electron chi connectivity index (χ2n) is 5.35. The van der Waals surface area contributed by atoms with Crippen LogP contribution < -0.4 is 5.32 Å². The van der Waals surface area contributed by atoms with Crippen LogP contribution >= 0.6 is 23.1 Å². The Labute approximate surface area is 154 Å². The van der Waals surface area contributed by atoms with Crippen LogP contribution in [-0.4, -0.2) is 16.6 Å². The zero-order valence-electron chi connectivity index (χ0n) is 13.7. The van der Waals surface area contributed by atoms with Gasteiger partial charge in [0.2, 0.25) is 5.91 Å². The van der Waals surface area contributed by atoms with Gasteiger partial charge in [-0.2, -0.15) is 0 Å². The fourth-order valence-electron chi connectivity index (χ4n) is 2.30. The van der Waals surface area contributed by atoms with E-state index in [1.807, 2.05) is 29.6 Å². The number of hydrogen-bond donors (Lipinski definition) is 1. The smallest absolute Gasteiger partial charge is 0.230 e. The van der Waals surface area contributed by atoms with Gasteiger partial charge in [-0.05, 0) is 47.7 Å². The number of halogens is 1. The standard InChI is InChI=1S/C19H17FN2OS2/c1-2-24-16-9-3-13(4-10-16)11-18(23)22-19-21-17(12-25-19)14-5-7-15(20)8-6-14/h3-10,12H,2,11H2,1H3,(H,21,22,23). The van der Waals surface area contributed by atoms with Gasteiger partial charge in [-0.3, -0.25) is 4.79 Å². The highest BCUT2D eigenvalue weighted by Crippen LogP contribution is 2.25. The molecule has 1 heterocycles. The Morgan fingerprint density at radius 3 is 2.56 bits per heavy atom. The summed E-state index contributed by atoms with van der Waals surface area (Å²) in [5, 5.41) is 5.21. The van der Waals surface area contributed by atoms with Gasteiger partial charge in [0.25, 0.3) is 0 Å². The maximum Gasteiger partial charge on any atom is 0.230 e. The van der Waals surface area contributed by atoms with Crippen molar-refractivity contribution in [2.75, 3.05) is 11.1 Å². The first kappa shape index (κ1) is 17.6. The number of aromatic nitrogens is 1. The third kappa shape index (κ3) is 4.90. The molecule has 0 aliphatic carbocycles. The number of nitrogens with one attached hydrogen (secondary N) is 1. The molecule has 0 saturated heterocycles. The minimum absolute atomic E-state index is 0.101. The molecule has 3 nitrogen and oxygen atoms in total. The molecule has 25 heavy (non-hydrogen) atoms. The number of nitrogens with zero attached hydrogens (tertiary/aromatic N) is 1. The minimum Gasteiger partial charge on any atom is -0.302 e. The number of thiazole rings is 1. The van der Waals surface area contributed by atoms with Gasteiger partial charge in [-0.15, -0.1) is 23.1 Å². The van der Waals surface area contributed by atoms with Crippen LogP contribution in [0.25, 0.3) is 11.3 Å². The molecule has 0 aliphatic rings. The molecule has 1 amide bonds. The maximum absolute atomic E-state index is 13.0. The van der Waals surface area contributed by atoms with E-state index in [-0.39, 0.29) is 11.7 Å². The third-order valence-corrected chi connectivity index (χ3v) is 5.14. The molecule has 0 spiro atoms. The molecule has 6 heteroatoms. The van der Waals surface area contributed by atoms with E-state index in [0.717, 1.165) is 22.6 Å². The zero-order chi connectivity index (χ0) is 17.6. The van der Waals surface area contributed by atoms with Gasteiger partial charge < -0.3 is 5.32 Å². The predicted octanol–water partition coefficient (Wildman–Crippen LogP) is 5.24. The predicted molar refractivity (Wildman–Crippen MR) is 103 cm³/mol. The van der Waals surface area contributed by atoms with E-state index in [1.54, 1.807) is 23.9 Å². The van der Waals surface area contributed by atoms with Crippen LogP contribution in [0.3, 0.4) is 0 Å². The number of amides is 1. The number of hydrogen-bond acceptors (Lipinski definition) is 4. The monoisotopic (exact) mass is 372 g/mol. The van der Waals surface area contributed by atoms with Crippen molar-refractivity contribution in [3.63, 3.8) is 0 Å². The SMILES string of the molecule is CCSc1ccc(CC(=O)Nc2nc(-c3ccc(F)cc3)cs2)cc1. The molecule has 2 aromatic carbocycles. The first-order valence-corrected chi connectivity index (χ1v) is 9.73. The molecule has 0 saturated carbocycles. The highest BCUT2D eigenvalue weighted by molar-refractivity contribution is 7.99. The van der Waals surface area contributed by atoms with E-state index in [9.17, 15) is 9.18 Å². The number of thioether (sulfide) groups is 1. The lowest BCUT2D eigenvalue weighted by Crippen LogP contribution is -2.14. The Morgan fingerprint density at radius 1 is 1.16 bits per heavy atom. The molecule has 0 fully saturated rings. The number of anilines is 1. The van der Waals surface area contributed by atoms with E-state index in [2.05, 4.69) is 17.2 Å². The van der Waals surface area contributed by atoms with Crippen molar-refractivity contribution in [2.45, 2.75) is 18.2 Å². The molecule has 0 atom stereocenters. The molecule has 1 N–H and O–H groups in total. The van der Waals surface area contributed by atoms with E-state index < -0.39 is 0 Å². The second-order valence-corrected chi connectivity index (χ2v) is 7.54. The van der Waals surface area contributed by atoms with Gasteiger partial charge >= 0.3 is 0 Å². The van der Waals surface area contributed by atoms with Crippen molar-refractivity contribution in [2.24, 2.45) is 0 Å². The van der Waals surface area contributed by atoms with Gasteiger partial charge in [0.05, 0.1) is 12.1 Å². The summed E-state index contributed by atoms with van der Waals surface area (Å²) in [6.45, 7) is 2.11. The van der Waals surface area contributed by atoms with Gasteiger partial charge in [0.1, 0.15) is 5.82 Å². The van der Waals surface area contributed by atoms with E-state index in [0.29, 0.717) is 11.6 Å². The van der Waals surface area contributed by atoms with Crippen molar-refractivity contribution < 1.29 is 9.18 Å². The lowest BCUT2D eigenvalue weighted by Gasteiger charge is -2.04. The molecule has 128 valence electrons. The van der Waals surface area contributed by atoms with Crippen LogP contribution in [0.5, 0.6) is 0 Å². The average Bonchev–Trinajstić information content (AvgIpc) is 3.06. The van der Waals surface area contributed by atoms with Crippen molar-refractivity contribution in [3.8, 4) is 11.3 Å². The molecule has 0 unspecified atom stereocenters. The fourth-order valence-corrected chi connectivity index (χ4v) is 3.70. The first-order chi connectivity index (χ1) is 12.1. The summed E-state index contributed by atoms with van der Waals surface area (Å²) in [5.41, 5.74) is 2.51. The van der Waals surface area contributed by atoms with Crippen LogP contribution in [0.15, 0.2) is 58.8 Å². The zero-order valence-corrected chi connectivity index (χ0v) is 15.3. The highest BCUT2D eigenvalue weighted by Gasteiger charge is 2.09. The lowest BCUT2D eigenvalue weighted by molar-refractivity contribution is -0.115. The van der Waals surface area contributed by atoms with Crippen LogP contribution in [0.2, 0.25) is 0 Å². The van der Waals surface area contributed by atoms with Gasteiger partial charge in [-0.1, -0.05) is 19.1 Å². The third-order valence-electron chi connectivity index (χ3n) is 3.49. The Hall–Kier alpha value is -2.18. The number of carbonyl (C=O) groups is 1. The van der Waals surface area contributed by atoms with E-state index >= 15 is 0 Å². The Balaban J connectivity index is 1.60. The number of carbonyl (C=O) groups excluding carboxylic acids is 1. The molecule has 3 rings (SSSR count). The van der Waals surface area contributed by atoms with Crippen LogP contribution in [-0.2, 0) is 11.2 Å². The molecular weight excluding hydrogens is 355 g/mol. The largest absolute Gasteiger partial charge is 0.302 e. The second kappa shape index (κ2) is 8.27. The molecule has 0 aliphatic heterocycles. The summed E-state index contributed by atoms with van der Waals surface area (Å²) in [6, 6.07) is 14.2. The van der Waals surface area contributed by atoms with Crippen molar-refractivity contribution in [1.29, 1.82) is 0 Å². The first-order valence-electron chi connectivity index (χ1n) is 7.87. The summed E-state index contributed by atoms with van der Waals surface area (Å²) in [7, 11) is 0.